The van der Waals surface area contributed by atoms with Crippen LogP contribution in [0.4, 0.5) is 17.1 Å². The summed E-state index contributed by atoms with van der Waals surface area (Å²) < 4.78 is 2.66. The van der Waals surface area contributed by atoms with Crippen LogP contribution in [-0.4, -0.2) is 0 Å². The van der Waals surface area contributed by atoms with Crippen LogP contribution in [0.25, 0.3) is 74.7 Å². The standard InChI is InChI=1S/C48H31NS/c1-2-9-32(10-3-1)33-19-24-38(25-20-33)49(46-15-8-14-44-42(46)29-30-45-43-13-6-7-16-47(43)50-48(44)45)39-26-21-34(22-27-39)36-23-28-41-37(31-36)18-17-35-11-4-5-12-40(35)41/h1-31H. The van der Waals surface area contributed by atoms with Crippen LogP contribution in [0.2, 0.25) is 0 Å². The molecule has 0 radical (unpaired) electrons. The number of hydrogen-bond donors (Lipinski definition) is 0. The summed E-state index contributed by atoms with van der Waals surface area (Å²) in [5.74, 6) is 0. The van der Waals surface area contributed by atoms with Gasteiger partial charge < -0.3 is 4.90 Å². The number of benzene rings is 9. The molecule has 0 saturated carbocycles. The van der Waals surface area contributed by atoms with E-state index in [9.17, 15) is 0 Å². The molecule has 1 aromatic heterocycles. The minimum Gasteiger partial charge on any atom is -0.310 e. The Hall–Kier alpha value is -6.22. The van der Waals surface area contributed by atoms with Crippen molar-refractivity contribution in [3.63, 3.8) is 0 Å². The molecular weight excluding hydrogens is 623 g/mol. The summed E-state index contributed by atoms with van der Waals surface area (Å²) in [7, 11) is 0. The van der Waals surface area contributed by atoms with Crippen LogP contribution in [0.5, 0.6) is 0 Å². The highest BCUT2D eigenvalue weighted by molar-refractivity contribution is 7.26. The van der Waals surface area contributed by atoms with E-state index in [1.54, 1.807) is 0 Å². The second kappa shape index (κ2) is 11.7. The molecule has 1 nitrogen and oxygen atoms in total. The fourth-order valence-corrected chi connectivity index (χ4v) is 8.81. The van der Waals surface area contributed by atoms with Gasteiger partial charge in [-0.3, -0.25) is 0 Å². The molecule has 1 heterocycles. The summed E-state index contributed by atoms with van der Waals surface area (Å²) in [6.07, 6.45) is 0. The van der Waals surface area contributed by atoms with Crippen LogP contribution in [-0.2, 0) is 0 Å². The smallest absolute Gasteiger partial charge is 0.0540 e. The average Bonchev–Trinajstić information content (AvgIpc) is 3.58. The van der Waals surface area contributed by atoms with Gasteiger partial charge in [-0.25, -0.2) is 0 Å². The zero-order valence-corrected chi connectivity index (χ0v) is 28.1. The summed E-state index contributed by atoms with van der Waals surface area (Å²) >= 11 is 1.88. The molecule has 0 aliphatic heterocycles. The Morgan fingerprint density at radius 3 is 1.66 bits per heavy atom. The first-order valence-corrected chi connectivity index (χ1v) is 17.9. The maximum Gasteiger partial charge on any atom is 0.0540 e. The van der Waals surface area contributed by atoms with Crippen molar-refractivity contribution in [3.8, 4) is 22.3 Å². The Kier molecular flexibility index (Phi) is 6.75. The van der Waals surface area contributed by atoms with Crippen molar-refractivity contribution in [2.45, 2.75) is 0 Å². The van der Waals surface area contributed by atoms with Gasteiger partial charge in [-0.15, -0.1) is 11.3 Å². The van der Waals surface area contributed by atoms with Crippen LogP contribution in [0.1, 0.15) is 0 Å². The zero-order valence-electron chi connectivity index (χ0n) is 27.3. The second-order valence-electron chi connectivity index (χ2n) is 12.9. The highest BCUT2D eigenvalue weighted by Crippen LogP contribution is 2.44. The molecule has 234 valence electrons. The van der Waals surface area contributed by atoms with E-state index in [2.05, 4.69) is 193 Å². The van der Waals surface area contributed by atoms with Crippen molar-refractivity contribution in [3.05, 3.63) is 188 Å². The van der Waals surface area contributed by atoms with Crippen molar-refractivity contribution in [2.24, 2.45) is 0 Å². The summed E-state index contributed by atoms with van der Waals surface area (Å²) in [6.45, 7) is 0. The Morgan fingerprint density at radius 1 is 0.320 bits per heavy atom. The monoisotopic (exact) mass is 653 g/mol. The van der Waals surface area contributed by atoms with Gasteiger partial charge >= 0.3 is 0 Å². The molecule has 0 aliphatic rings. The van der Waals surface area contributed by atoms with Crippen molar-refractivity contribution in [1.82, 2.24) is 0 Å². The molecule has 0 aliphatic carbocycles. The number of thiophene rings is 1. The fraction of sp³-hybridized carbons (Fsp3) is 0. The van der Waals surface area contributed by atoms with Crippen LogP contribution < -0.4 is 4.90 Å². The van der Waals surface area contributed by atoms with Gasteiger partial charge in [0.1, 0.15) is 0 Å². The number of fused-ring (bicyclic) bond motifs is 8. The molecule has 0 N–H and O–H groups in total. The van der Waals surface area contributed by atoms with Crippen molar-refractivity contribution >= 4 is 80.9 Å². The van der Waals surface area contributed by atoms with E-state index in [4.69, 9.17) is 0 Å². The quantitative estimate of drug-likeness (QED) is 0.167. The van der Waals surface area contributed by atoms with E-state index in [1.807, 2.05) is 11.3 Å². The first-order valence-electron chi connectivity index (χ1n) is 17.1. The molecule has 0 amide bonds. The minimum absolute atomic E-state index is 1.12. The molecular formula is C48H31NS. The van der Waals surface area contributed by atoms with Crippen molar-refractivity contribution in [1.29, 1.82) is 0 Å². The number of hydrogen-bond acceptors (Lipinski definition) is 2. The predicted molar refractivity (Wildman–Crippen MR) is 217 cm³/mol. The van der Waals surface area contributed by atoms with E-state index in [0.717, 1.165) is 11.4 Å². The second-order valence-corrected chi connectivity index (χ2v) is 14.0. The third kappa shape index (κ3) is 4.76. The van der Waals surface area contributed by atoms with E-state index >= 15 is 0 Å². The Balaban J connectivity index is 1.11. The van der Waals surface area contributed by atoms with E-state index in [1.165, 1.54) is 80.4 Å². The lowest BCUT2D eigenvalue weighted by Crippen LogP contribution is -2.10. The van der Waals surface area contributed by atoms with E-state index < -0.39 is 0 Å². The fourth-order valence-electron chi connectivity index (χ4n) is 7.58. The molecule has 0 fully saturated rings. The highest BCUT2D eigenvalue weighted by atomic mass is 32.1. The van der Waals surface area contributed by atoms with Gasteiger partial charge in [0.25, 0.3) is 0 Å². The normalized spacial score (nSPS) is 11.6. The van der Waals surface area contributed by atoms with Crippen molar-refractivity contribution in [2.75, 3.05) is 4.90 Å². The number of rotatable bonds is 5. The topological polar surface area (TPSA) is 3.24 Å². The predicted octanol–water partition coefficient (Wildman–Crippen LogP) is 14.3. The highest BCUT2D eigenvalue weighted by Gasteiger charge is 2.18. The lowest BCUT2D eigenvalue weighted by atomic mass is 9.97. The van der Waals surface area contributed by atoms with Crippen LogP contribution >= 0.6 is 11.3 Å². The molecule has 10 rings (SSSR count). The third-order valence-corrected chi connectivity index (χ3v) is 11.3. The first kappa shape index (κ1) is 28.8. The molecule has 9 aromatic carbocycles. The summed E-state index contributed by atoms with van der Waals surface area (Å²) in [6, 6.07) is 68.7. The van der Waals surface area contributed by atoms with Crippen LogP contribution in [0, 0.1) is 0 Å². The van der Waals surface area contributed by atoms with Crippen molar-refractivity contribution < 1.29 is 0 Å². The molecule has 0 spiro atoms. The van der Waals surface area contributed by atoms with Gasteiger partial charge in [-0.1, -0.05) is 146 Å². The van der Waals surface area contributed by atoms with Gasteiger partial charge in [0.2, 0.25) is 0 Å². The third-order valence-electron chi connectivity index (χ3n) is 10.1. The van der Waals surface area contributed by atoms with Gasteiger partial charge in [-0.05, 0) is 86.3 Å². The lowest BCUT2D eigenvalue weighted by molar-refractivity contribution is 1.30. The van der Waals surface area contributed by atoms with Gasteiger partial charge in [0.05, 0.1) is 5.69 Å². The van der Waals surface area contributed by atoms with Gasteiger partial charge in [0, 0.05) is 42.3 Å². The Morgan fingerprint density at radius 2 is 0.860 bits per heavy atom. The average molecular weight is 654 g/mol. The Labute approximate surface area is 294 Å². The van der Waals surface area contributed by atoms with Gasteiger partial charge in [0.15, 0.2) is 0 Å². The molecule has 0 atom stereocenters. The minimum atomic E-state index is 1.12. The molecule has 10 aromatic rings. The largest absolute Gasteiger partial charge is 0.310 e. The Bertz CT molecular complexity index is 2850. The SMILES string of the molecule is c1ccc(-c2ccc(N(c3ccc(-c4ccc5c(ccc6ccccc65)c4)cc3)c3cccc4c3ccc3c5ccccc5sc43)cc2)cc1. The molecule has 0 bridgehead atoms. The molecule has 2 heteroatoms. The van der Waals surface area contributed by atoms with Gasteiger partial charge in [-0.2, -0.15) is 0 Å². The summed E-state index contributed by atoms with van der Waals surface area (Å²) in [5.41, 5.74) is 8.26. The molecule has 0 unspecified atom stereocenters. The molecule has 50 heavy (non-hydrogen) atoms. The van der Waals surface area contributed by atoms with E-state index in [-0.39, 0.29) is 0 Å². The van der Waals surface area contributed by atoms with E-state index in [0.29, 0.717) is 0 Å². The lowest BCUT2D eigenvalue weighted by Gasteiger charge is -2.27. The summed E-state index contributed by atoms with van der Waals surface area (Å²) in [4.78, 5) is 2.41. The molecule has 0 saturated heterocycles. The zero-order chi connectivity index (χ0) is 33.0. The maximum atomic E-state index is 2.41. The first-order chi connectivity index (χ1) is 24.8. The number of nitrogens with zero attached hydrogens (tertiary/aromatic N) is 1. The maximum absolute atomic E-state index is 2.41. The van der Waals surface area contributed by atoms with Crippen LogP contribution in [0.3, 0.4) is 0 Å². The summed E-state index contributed by atoms with van der Waals surface area (Å²) in [5, 5.41) is 10.3. The number of anilines is 3. The van der Waals surface area contributed by atoms with Crippen LogP contribution in [0.15, 0.2) is 188 Å².